The van der Waals surface area contributed by atoms with Crippen LogP contribution in [0.5, 0.6) is 0 Å². The third-order valence-electron chi connectivity index (χ3n) is 3.85. The molecule has 8 heteroatoms. The van der Waals surface area contributed by atoms with E-state index in [0.29, 0.717) is 28.6 Å². The summed E-state index contributed by atoms with van der Waals surface area (Å²) in [6.07, 6.45) is 2.78. The Bertz CT molecular complexity index is 976. The lowest BCUT2D eigenvalue weighted by molar-refractivity contribution is 0.0601. The SMILES string of the molecule is COC(=O)c1ccccc1Nc1cnc(C(=O)NCc2ccc(Cl)cc2)cn1. The second-order valence-electron chi connectivity index (χ2n) is 5.76. The zero-order valence-corrected chi connectivity index (χ0v) is 15.7. The van der Waals surface area contributed by atoms with Gasteiger partial charge in [-0.05, 0) is 29.8 Å². The molecule has 0 atom stereocenters. The second kappa shape index (κ2) is 8.96. The van der Waals surface area contributed by atoms with Crippen molar-refractivity contribution in [1.82, 2.24) is 15.3 Å². The van der Waals surface area contributed by atoms with Crippen molar-refractivity contribution in [1.29, 1.82) is 0 Å². The minimum absolute atomic E-state index is 0.181. The highest BCUT2D eigenvalue weighted by Crippen LogP contribution is 2.20. The Labute approximate surface area is 166 Å². The van der Waals surface area contributed by atoms with E-state index in [1.165, 1.54) is 19.5 Å². The first kappa shape index (κ1) is 19.3. The van der Waals surface area contributed by atoms with Crippen LogP contribution in [0.3, 0.4) is 0 Å². The number of amides is 1. The molecule has 0 radical (unpaired) electrons. The van der Waals surface area contributed by atoms with Gasteiger partial charge in [-0.1, -0.05) is 35.9 Å². The molecule has 0 aliphatic rings. The number of para-hydroxylation sites is 1. The van der Waals surface area contributed by atoms with Crippen LogP contribution >= 0.6 is 11.6 Å². The third-order valence-corrected chi connectivity index (χ3v) is 4.10. The summed E-state index contributed by atoms with van der Waals surface area (Å²) in [7, 11) is 1.32. The zero-order valence-electron chi connectivity index (χ0n) is 15.0. The number of nitrogens with one attached hydrogen (secondary N) is 2. The van der Waals surface area contributed by atoms with Crippen molar-refractivity contribution < 1.29 is 14.3 Å². The number of halogens is 1. The van der Waals surface area contributed by atoms with Gasteiger partial charge in [-0.3, -0.25) is 4.79 Å². The molecule has 3 rings (SSSR count). The van der Waals surface area contributed by atoms with E-state index in [1.54, 1.807) is 36.4 Å². The van der Waals surface area contributed by atoms with Gasteiger partial charge in [0.2, 0.25) is 0 Å². The lowest BCUT2D eigenvalue weighted by atomic mass is 10.2. The smallest absolute Gasteiger partial charge is 0.339 e. The molecule has 3 aromatic rings. The number of benzene rings is 2. The van der Waals surface area contributed by atoms with E-state index in [-0.39, 0.29) is 11.6 Å². The molecule has 0 saturated carbocycles. The summed E-state index contributed by atoms with van der Waals surface area (Å²) >= 11 is 5.84. The highest BCUT2D eigenvalue weighted by Gasteiger charge is 2.12. The highest BCUT2D eigenvalue weighted by atomic mass is 35.5. The number of hydrogen-bond acceptors (Lipinski definition) is 6. The molecule has 2 N–H and O–H groups in total. The van der Waals surface area contributed by atoms with E-state index in [2.05, 4.69) is 20.6 Å². The van der Waals surface area contributed by atoms with Crippen LogP contribution in [0.25, 0.3) is 0 Å². The quantitative estimate of drug-likeness (QED) is 0.618. The van der Waals surface area contributed by atoms with Crippen LogP contribution in [0.4, 0.5) is 11.5 Å². The first-order valence-electron chi connectivity index (χ1n) is 8.36. The van der Waals surface area contributed by atoms with Crippen molar-refractivity contribution >= 4 is 35.0 Å². The lowest BCUT2D eigenvalue weighted by Gasteiger charge is -2.10. The van der Waals surface area contributed by atoms with Crippen molar-refractivity contribution in [2.45, 2.75) is 6.54 Å². The fourth-order valence-electron chi connectivity index (χ4n) is 2.40. The molecule has 0 unspecified atom stereocenters. The van der Waals surface area contributed by atoms with Crippen LogP contribution in [0.1, 0.15) is 26.4 Å². The van der Waals surface area contributed by atoms with Gasteiger partial charge in [0.15, 0.2) is 0 Å². The largest absolute Gasteiger partial charge is 0.465 e. The van der Waals surface area contributed by atoms with Crippen LogP contribution in [0.15, 0.2) is 60.9 Å². The first-order chi connectivity index (χ1) is 13.6. The van der Waals surface area contributed by atoms with E-state index in [1.807, 2.05) is 12.1 Å². The van der Waals surface area contributed by atoms with E-state index >= 15 is 0 Å². The van der Waals surface area contributed by atoms with Crippen molar-refractivity contribution in [3.63, 3.8) is 0 Å². The maximum absolute atomic E-state index is 12.2. The Morgan fingerprint density at radius 3 is 2.46 bits per heavy atom. The predicted octanol–water partition coefficient (Wildman–Crippen LogP) is 3.59. The van der Waals surface area contributed by atoms with Crippen molar-refractivity contribution in [3.05, 3.63) is 82.8 Å². The summed E-state index contributed by atoms with van der Waals surface area (Å²) in [4.78, 5) is 32.3. The molecule has 0 aliphatic heterocycles. The number of carbonyl (C=O) groups excluding carboxylic acids is 2. The fraction of sp³-hybridized carbons (Fsp3) is 0.100. The molecular formula is C20H17ClN4O3. The van der Waals surface area contributed by atoms with Gasteiger partial charge in [-0.15, -0.1) is 0 Å². The Balaban J connectivity index is 1.64. The summed E-state index contributed by atoms with van der Waals surface area (Å²) < 4.78 is 4.76. The summed E-state index contributed by atoms with van der Waals surface area (Å²) in [5.74, 6) is -0.413. The predicted molar refractivity (Wildman–Crippen MR) is 106 cm³/mol. The number of esters is 1. The number of methoxy groups -OCH3 is 1. The van der Waals surface area contributed by atoms with Gasteiger partial charge >= 0.3 is 5.97 Å². The minimum Gasteiger partial charge on any atom is -0.465 e. The van der Waals surface area contributed by atoms with Crippen molar-refractivity contribution in [2.24, 2.45) is 0 Å². The second-order valence-corrected chi connectivity index (χ2v) is 6.19. The standard InChI is InChI=1S/C20H17ClN4O3/c1-28-20(27)15-4-2-3-5-16(15)25-18-12-22-17(11-23-18)19(26)24-10-13-6-8-14(21)9-7-13/h2-9,11-12H,10H2,1H3,(H,23,25)(H,24,26). The fourth-order valence-corrected chi connectivity index (χ4v) is 2.53. The number of hydrogen-bond donors (Lipinski definition) is 2. The third kappa shape index (κ3) is 4.83. The van der Waals surface area contributed by atoms with Crippen LogP contribution in [-0.4, -0.2) is 29.0 Å². The molecule has 142 valence electrons. The average Bonchev–Trinajstić information content (AvgIpc) is 2.73. The number of aromatic nitrogens is 2. The van der Waals surface area contributed by atoms with Crippen LogP contribution in [-0.2, 0) is 11.3 Å². The Morgan fingerprint density at radius 2 is 1.79 bits per heavy atom. The highest BCUT2D eigenvalue weighted by molar-refractivity contribution is 6.30. The molecule has 0 fully saturated rings. The summed E-state index contributed by atoms with van der Waals surface area (Å²) in [5.41, 5.74) is 2.00. The first-order valence-corrected chi connectivity index (χ1v) is 8.73. The molecule has 2 aromatic carbocycles. The molecule has 0 bridgehead atoms. The monoisotopic (exact) mass is 396 g/mol. The van der Waals surface area contributed by atoms with Gasteiger partial charge in [-0.25, -0.2) is 14.8 Å². The summed E-state index contributed by atoms with van der Waals surface area (Å²) in [6, 6.07) is 14.1. The normalized spacial score (nSPS) is 10.2. The minimum atomic E-state index is -0.464. The van der Waals surface area contributed by atoms with Crippen LogP contribution in [0, 0.1) is 0 Å². The molecule has 7 nitrogen and oxygen atoms in total. The molecule has 1 amide bonds. The number of rotatable bonds is 6. The van der Waals surface area contributed by atoms with Gasteiger partial charge in [0.05, 0.1) is 30.8 Å². The van der Waals surface area contributed by atoms with E-state index < -0.39 is 5.97 Å². The van der Waals surface area contributed by atoms with Gasteiger partial charge in [0.1, 0.15) is 11.5 Å². The number of carbonyl (C=O) groups is 2. The number of ether oxygens (including phenoxy) is 1. The van der Waals surface area contributed by atoms with Crippen LogP contribution < -0.4 is 10.6 Å². The molecule has 28 heavy (non-hydrogen) atoms. The van der Waals surface area contributed by atoms with Gasteiger partial charge in [-0.2, -0.15) is 0 Å². The molecule has 0 spiro atoms. The Hall–Kier alpha value is -3.45. The Morgan fingerprint density at radius 1 is 1.04 bits per heavy atom. The lowest BCUT2D eigenvalue weighted by Crippen LogP contribution is -2.24. The molecule has 0 saturated heterocycles. The van der Waals surface area contributed by atoms with Gasteiger partial charge in [0, 0.05) is 11.6 Å². The number of nitrogens with zero attached hydrogens (tertiary/aromatic N) is 2. The van der Waals surface area contributed by atoms with Crippen molar-refractivity contribution in [2.75, 3.05) is 12.4 Å². The maximum Gasteiger partial charge on any atom is 0.339 e. The molecular weight excluding hydrogens is 380 g/mol. The maximum atomic E-state index is 12.2. The average molecular weight is 397 g/mol. The van der Waals surface area contributed by atoms with Crippen LogP contribution in [0.2, 0.25) is 5.02 Å². The van der Waals surface area contributed by atoms with Gasteiger partial charge < -0.3 is 15.4 Å². The Kier molecular flexibility index (Phi) is 6.18. The summed E-state index contributed by atoms with van der Waals surface area (Å²) in [5, 5.41) is 6.40. The van der Waals surface area contributed by atoms with Gasteiger partial charge in [0.25, 0.3) is 5.91 Å². The van der Waals surface area contributed by atoms with Crippen molar-refractivity contribution in [3.8, 4) is 0 Å². The zero-order chi connectivity index (χ0) is 19.9. The number of anilines is 2. The topological polar surface area (TPSA) is 93.2 Å². The molecule has 1 heterocycles. The van der Waals surface area contributed by atoms with E-state index in [4.69, 9.17) is 16.3 Å². The molecule has 1 aromatic heterocycles. The summed E-state index contributed by atoms with van der Waals surface area (Å²) in [6.45, 7) is 0.351. The molecule has 0 aliphatic carbocycles. The van der Waals surface area contributed by atoms with E-state index in [9.17, 15) is 9.59 Å². The van der Waals surface area contributed by atoms with E-state index in [0.717, 1.165) is 5.56 Å².